The fraction of sp³-hybridized carbons (Fsp3) is 0.600. The summed E-state index contributed by atoms with van der Waals surface area (Å²) in [5, 5.41) is 4.95. The average molecular weight is 317 g/mol. The second-order valence-electron chi connectivity index (χ2n) is 5.26. The number of nitrogens with zero attached hydrogens (tertiary/aromatic N) is 1. The van der Waals surface area contributed by atoms with E-state index in [1.165, 1.54) is 12.8 Å². The second kappa shape index (κ2) is 8.20. The van der Waals surface area contributed by atoms with Crippen molar-refractivity contribution < 1.29 is 4.74 Å². The topological polar surface area (TPSA) is 24.5 Å². The first-order chi connectivity index (χ1) is 9.69. The van der Waals surface area contributed by atoms with Gasteiger partial charge in [0.1, 0.15) is 0 Å². The highest BCUT2D eigenvalue weighted by molar-refractivity contribution is 6.35. The SMILES string of the molecule is COCCN(Cc1ccc(Cl)cc1Cl)CC1CCCN1. The van der Waals surface area contributed by atoms with Gasteiger partial charge in [0.25, 0.3) is 0 Å². The van der Waals surface area contributed by atoms with E-state index in [9.17, 15) is 0 Å². The zero-order valence-electron chi connectivity index (χ0n) is 11.9. The monoisotopic (exact) mass is 316 g/mol. The third-order valence-electron chi connectivity index (χ3n) is 3.66. The molecule has 0 aliphatic carbocycles. The summed E-state index contributed by atoms with van der Waals surface area (Å²) in [5.41, 5.74) is 1.12. The number of benzene rings is 1. The molecule has 5 heteroatoms. The Morgan fingerprint density at radius 3 is 2.90 bits per heavy atom. The van der Waals surface area contributed by atoms with E-state index in [2.05, 4.69) is 10.2 Å². The molecule has 0 saturated carbocycles. The summed E-state index contributed by atoms with van der Waals surface area (Å²) in [5.74, 6) is 0. The molecular weight excluding hydrogens is 295 g/mol. The van der Waals surface area contributed by atoms with Gasteiger partial charge in [-0.15, -0.1) is 0 Å². The zero-order valence-corrected chi connectivity index (χ0v) is 13.4. The van der Waals surface area contributed by atoms with Crippen molar-refractivity contribution in [3.8, 4) is 0 Å². The maximum Gasteiger partial charge on any atom is 0.0589 e. The van der Waals surface area contributed by atoms with Crippen LogP contribution in [0.5, 0.6) is 0 Å². The molecule has 0 aromatic heterocycles. The highest BCUT2D eigenvalue weighted by Gasteiger charge is 2.18. The Morgan fingerprint density at radius 1 is 1.40 bits per heavy atom. The largest absolute Gasteiger partial charge is 0.383 e. The Morgan fingerprint density at radius 2 is 2.25 bits per heavy atom. The third kappa shape index (κ3) is 4.90. The van der Waals surface area contributed by atoms with Crippen molar-refractivity contribution in [1.82, 2.24) is 10.2 Å². The Kier molecular flexibility index (Phi) is 6.59. The normalized spacial score (nSPS) is 18.9. The first-order valence-electron chi connectivity index (χ1n) is 7.07. The van der Waals surface area contributed by atoms with Crippen molar-refractivity contribution in [2.45, 2.75) is 25.4 Å². The van der Waals surface area contributed by atoms with Gasteiger partial charge in [-0.1, -0.05) is 29.3 Å². The summed E-state index contributed by atoms with van der Waals surface area (Å²) < 4.78 is 5.21. The summed E-state index contributed by atoms with van der Waals surface area (Å²) in [6.07, 6.45) is 2.52. The molecule has 3 nitrogen and oxygen atoms in total. The molecule has 1 aromatic rings. The molecule has 1 fully saturated rings. The molecule has 0 amide bonds. The van der Waals surface area contributed by atoms with E-state index in [1.807, 2.05) is 12.1 Å². The Labute approximate surface area is 131 Å². The lowest BCUT2D eigenvalue weighted by molar-refractivity contribution is 0.138. The van der Waals surface area contributed by atoms with Crippen LogP contribution in [0.15, 0.2) is 18.2 Å². The van der Waals surface area contributed by atoms with Crippen LogP contribution in [0.1, 0.15) is 18.4 Å². The lowest BCUT2D eigenvalue weighted by Gasteiger charge is -2.26. The molecule has 1 N–H and O–H groups in total. The van der Waals surface area contributed by atoms with E-state index in [-0.39, 0.29) is 0 Å². The summed E-state index contributed by atoms with van der Waals surface area (Å²) in [4.78, 5) is 2.39. The van der Waals surface area contributed by atoms with Crippen LogP contribution in [0.25, 0.3) is 0 Å². The van der Waals surface area contributed by atoms with Gasteiger partial charge in [0.15, 0.2) is 0 Å². The zero-order chi connectivity index (χ0) is 14.4. The molecule has 20 heavy (non-hydrogen) atoms. The van der Waals surface area contributed by atoms with Gasteiger partial charge in [-0.25, -0.2) is 0 Å². The van der Waals surface area contributed by atoms with E-state index < -0.39 is 0 Å². The molecule has 1 aliphatic heterocycles. The van der Waals surface area contributed by atoms with Gasteiger partial charge in [0.05, 0.1) is 6.61 Å². The summed E-state index contributed by atoms with van der Waals surface area (Å²) in [7, 11) is 1.74. The van der Waals surface area contributed by atoms with Crippen molar-refractivity contribution in [1.29, 1.82) is 0 Å². The molecule has 2 rings (SSSR count). The van der Waals surface area contributed by atoms with Crippen LogP contribution in [0, 0.1) is 0 Å². The number of halogens is 2. The minimum absolute atomic E-state index is 0.581. The molecule has 0 spiro atoms. The van der Waals surface area contributed by atoms with Crippen molar-refractivity contribution in [2.24, 2.45) is 0 Å². The highest BCUT2D eigenvalue weighted by Crippen LogP contribution is 2.22. The summed E-state index contributed by atoms with van der Waals surface area (Å²) >= 11 is 12.2. The molecule has 1 aliphatic rings. The van der Waals surface area contributed by atoms with Crippen LogP contribution >= 0.6 is 23.2 Å². The van der Waals surface area contributed by atoms with Crippen LogP contribution < -0.4 is 5.32 Å². The van der Waals surface area contributed by atoms with Gasteiger partial charge >= 0.3 is 0 Å². The maximum absolute atomic E-state index is 6.27. The Hall–Kier alpha value is -0.320. The molecule has 0 radical (unpaired) electrons. The molecule has 1 saturated heterocycles. The Bertz CT molecular complexity index is 422. The van der Waals surface area contributed by atoms with Gasteiger partial charge in [-0.2, -0.15) is 0 Å². The predicted molar refractivity (Wildman–Crippen MR) is 84.6 cm³/mol. The van der Waals surface area contributed by atoms with Crippen LogP contribution in [0.3, 0.4) is 0 Å². The van der Waals surface area contributed by atoms with Crippen LogP contribution in [0.4, 0.5) is 0 Å². The van der Waals surface area contributed by atoms with E-state index in [1.54, 1.807) is 13.2 Å². The number of nitrogens with one attached hydrogen (secondary N) is 1. The van der Waals surface area contributed by atoms with E-state index >= 15 is 0 Å². The lowest BCUT2D eigenvalue weighted by atomic mass is 10.1. The van der Waals surface area contributed by atoms with Gasteiger partial charge in [-0.05, 0) is 37.1 Å². The number of rotatable bonds is 7. The quantitative estimate of drug-likeness (QED) is 0.836. The fourth-order valence-corrected chi connectivity index (χ4v) is 3.04. The maximum atomic E-state index is 6.27. The van der Waals surface area contributed by atoms with Gasteiger partial charge in [-0.3, -0.25) is 4.90 Å². The van der Waals surface area contributed by atoms with Gasteiger partial charge in [0, 0.05) is 42.8 Å². The average Bonchev–Trinajstić information content (AvgIpc) is 2.92. The molecule has 1 aromatic carbocycles. The van der Waals surface area contributed by atoms with Crippen LogP contribution in [-0.4, -0.2) is 44.3 Å². The van der Waals surface area contributed by atoms with Crippen molar-refractivity contribution in [2.75, 3.05) is 33.4 Å². The van der Waals surface area contributed by atoms with Gasteiger partial charge in [0.2, 0.25) is 0 Å². The smallest absolute Gasteiger partial charge is 0.0589 e. The minimum atomic E-state index is 0.581. The number of hydrogen-bond donors (Lipinski definition) is 1. The summed E-state index contributed by atoms with van der Waals surface area (Å²) in [6, 6.07) is 6.29. The van der Waals surface area contributed by atoms with Crippen LogP contribution in [0.2, 0.25) is 10.0 Å². The molecular formula is C15H22Cl2N2O. The molecule has 112 valence electrons. The van der Waals surface area contributed by atoms with E-state index in [0.29, 0.717) is 11.1 Å². The first-order valence-corrected chi connectivity index (χ1v) is 7.83. The highest BCUT2D eigenvalue weighted by atomic mass is 35.5. The molecule has 1 unspecified atom stereocenters. The Balaban J connectivity index is 1.97. The van der Waals surface area contributed by atoms with E-state index in [4.69, 9.17) is 27.9 Å². The fourth-order valence-electron chi connectivity index (χ4n) is 2.57. The molecule has 0 bridgehead atoms. The number of ether oxygens (including phenoxy) is 1. The van der Waals surface area contributed by atoms with Crippen molar-refractivity contribution in [3.63, 3.8) is 0 Å². The molecule has 1 heterocycles. The second-order valence-corrected chi connectivity index (χ2v) is 6.10. The minimum Gasteiger partial charge on any atom is -0.383 e. The number of hydrogen-bond acceptors (Lipinski definition) is 3. The first kappa shape index (κ1) is 16.1. The van der Waals surface area contributed by atoms with E-state index in [0.717, 1.165) is 43.4 Å². The van der Waals surface area contributed by atoms with Gasteiger partial charge < -0.3 is 10.1 Å². The lowest BCUT2D eigenvalue weighted by Crippen LogP contribution is -2.38. The van der Waals surface area contributed by atoms with Crippen molar-refractivity contribution >= 4 is 23.2 Å². The predicted octanol–water partition coefficient (Wildman–Crippen LogP) is 3.19. The summed E-state index contributed by atoms with van der Waals surface area (Å²) in [6.45, 7) is 4.63. The van der Waals surface area contributed by atoms with Crippen molar-refractivity contribution in [3.05, 3.63) is 33.8 Å². The molecule has 1 atom stereocenters. The number of methoxy groups -OCH3 is 1. The van der Waals surface area contributed by atoms with Crippen LogP contribution in [-0.2, 0) is 11.3 Å². The standard InChI is InChI=1S/C15H22Cl2N2O/c1-20-8-7-19(11-14-3-2-6-18-14)10-12-4-5-13(16)9-15(12)17/h4-5,9,14,18H,2-3,6-8,10-11H2,1H3. The third-order valence-corrected chi connectivity index (χ3v) is 4.25.